The lowest BCUT2D eigenvalue weighted by Gasteiger charge is -2.25. The van der Waals surface area contributed by atoms with Gasteiger partial charge in [-0.1, -0.05) is 26.0 Å². The van der Waals surface area contributed by atoms with Gasteiger partial charge in [-0.3, -0.25) is 4.79 Å². The second-order valence-electron chi connectivity index (χ2n) is 7.15. The Hall–Kier alpha value is -1.74. The van der Waals surface area contributed by atoms with Crippen molar-refractivity contribution in [2.45, 2.75) is 24.5 Å². The van der Waals surface area contributed by atoms with Crippen LogP contribution >= 0.6 is 11.3 Å². The van der Waals surface area contributed by atoms with E-state index in [9.17, 15) is 13.2 Å². The maximum absolute atomic E-state index is 12.8. The third-order valence-electron chi connectivity index (χ3n) is 4.56. The summed E-state index contributed by atoms with van der Waals surface area (Å²) in [6.07, 6.45) is 0.930. The summed E-state index contributed by atoms with van der Waals surface area (Å²) in [5, 5.41) is 2.93. The smallest absolute Gasteiger partial charge is 0.252 e. The van der Waals surface area contributed by atoms with Crippen LogP contribution in [0.4, 0.5) is 0 Å². The molecule has 0 atom stereocenters. The van der Waals surface area contributed by atoms with Gasteiger partial charge < -0.3 is 10.1 Å². The molecule has 3 rings (SSSR count). The van der Waals surface area contributed by atoms with E-state index in [-0.39, 0.29) is 5.91 Å². The average Bonchev–Trinajstić information content (AvgIpc) is 3.19. The molecule has 1 amide bonds. The Morgan fingerprint density at radius 1 is 1.21 bits per heavy atom. The molecule has 2 aromatic rings. The maximum Gasteiger partial charge on any atom is 0.252 e. The zero-order valence-corrected chi connectivity index (χ0v) is 17.8. The molecule has 1 aromatic carbocycles. The predicted octanol–water partition coefficient (Wildman–Crippen LogP) is 3.21. The SMILES string of the molecule is CC(C)CCNC(=O)c1cccc(-c2ccc(S(=O)(=O)N3CCOCC3)s2)c1. The first kappa shape index (κ1) is 21.0. The van der Waals surface area contributed by atoms with Crippen LogP contribution in [-0.2, 0) is 14.8 Å². The molecular formula is C20H26N2O4S2. The number of thiophene rings is 1. The van der Waals surface area contributed by atoms with E-state index < -0.39 is 10.0 Å². The van der Waals surface area contributed by atoms with Gasteiger partial charge in [0.25, 0.3) is 15.9 Å². The number of carbonyl (C=O) groups is 1. The number of benzene rings is 1. The second kappa shape index (κ2) is 9.17. The number of ether oxygens (including phenoxy) is 1. The Labute approximate surface area is 170 Å². The molecule has 0 spiro atoms. The molecule has 1 fully saturated rings. The highest BCUT2D eigenvalue weighted by Crippen LogP contribution is 2.33. The van der Waals surface area contributed by atoms with Gasteiger partial charge in [-0.15, -0.1) is 11.3 Å². The number of amides is 1. The van der Waals surface area contributed by atoms with Crippen LogP contribution in [0, 0.1) is 5.92 Å². The molecule has 1 aromatic heterocycles. The summed E-state index contributed by atoms with van der Waals surface area (Å²) in [6, 6.07) is 10.7. The van der Waals surface area contributed by atoms with Crippen LogP contribution in [0.3, 0.4) is 0 Å². The molecule has 0 aliphatic carbocycles. The minimum atomic E-state index is -3.50. The standard InChI is InChI=1S/C20H26N2O4S2/c1-15(2)8-9-21-20(23)17-5-3-4-16(14-17)18-6-7-19(27-18)28(24,25)22-10-12-26-13-11-22/h3-7,14-15H,8-13H2,1-2H3,(H,21,23). The first-order valence-electron chi connectivity index (χ1n) is 9.44. The Kier molecular flexibility index (Phi) is 6.87. The van der Waals surface area contributed by atoms with E-state index >= 15 is 0 Å². The van der Waals surface area contributed by atoms with E-state index in [1.54, 1.807) is 18.2 Å². The molecule has 152 valence electrons. The number of hydrogen-bond acceptors (Lipinski definition) is 5. The molecule has 1 aliphatic rings. The van der Waals surface area contributed by atoms with Crippen LogP contribution in [0.25, 0.3) is 10.4 Å². The Balaban J connectivity index is 1.75. The first-order valence-corrected chi connectivity index (χ1v) is 11.7. The molecule has 0 unspecified atom stereocenters. The highest BCUT2D eigenvalue weighted by atomic mass is 32.2. The normalized spacial score (nSPS) is 15.7. The van der Waals surface area contributed by atoms with Crippen LogP contribution in [0.15, 0.2) is 40.6 Å². The molecule has 8 heteroatoms. The van der Waals surface area contributed by atoms with Gasteiger partial charge >= 0.3 is 0 Å². The summed E-state index contributed by atoms with van der Waals surface area (Å²) < 4.78 is 32.6. The minimum absolute atomic E-state index is 0.111. The van der Waals surface area contributed by atoms with Crippen molar-refractivity contribution in [1.29, 1.82) is 0 Å². The Bertz CT molecular complexity index is 916. The van der Waals surface area contributed by atoms with Crippen molar-refractivity contribution in [2.24, 2.45) is 5.92 Å². The molecule has 1 aliphatic heterocycles. The lowest BCUT2D eigenvalue weighted by molar-refractivity contribution is 0.0731. The van der Waals surface area contributed by atoms with Crippen LogP contribution in [0.2, 0.25) is 0 Å². The highest BCUT2D eigenvalue weighted by molar-refractivity contribution is 7.91. The topological polar surface area (TPSA) is 75.7 Å². The zero-order chi connectivity index (χ0) is 20.1. The number of sulfonamides is 1. The van der Waals surface area contributed by atoms with Gasteiger partial charge in [-0.05, 0) is 42.2 Å². The summed E-state index contributed by atoms with van der Waals surface area (Å²) >= 11 is 1.23. The third kappa shape index (κ3) is 5.00. The van der Waals surface area contributed by atoms with Crippen molar-refractivity contribution < 1.29 is 17.9 Å². The summed E-state index contributed by atoms with van der Waals surface area (Å²) in [6.45, 7) is 6.47. The van der Waals surface area contributed by atoms with Gasteiger partial charge in [-0.2, -0.15) is 4.31 Å². The van der Waals surface area contributed by atoms with E-state index in [1.165, 1.54) is 15.6 Å². The Morgan fingerprint density at radius 3 is 2.68 bits per heavy atom. The fraction of sp³-hybridized carbons (Fsp3) is 0.450. The summed E-state index contributed by atoms with van der Waals surface area (Å²) in [5.74, 6) is 0.421. The summed E-state index contributed by atoms with van der Waals surface area (Å²) in [7, 11) is -3.50. The number of nitrogens with one attached hydrogen (secondary N) is 1. The maximum atomic E-state index is 12.8. The van der Waals surface area contributed by atoms with Gasteiger partial charge in [0.05, 0.1) is 13.2 Å². The van der Waals surface area contributed by atoms with E-state index in [2.05, 4.69) is 19.2 Å². The van der Waals surface area contributed by atoms with Crippen molar-refractivity contribution in [3.63, 3.8) is 0 Å². The van der Waals surface area contributed by atoms with Crippen molar-refractivity contribution >= 4 is 27.3 Å². The van der Waals surface area contributed by atoms with E-state index in [1.807, 2.05) is 18.2 Å². The highest BCUT2D eigenvalue weighted by Gasteiger charge is 2.27. The molecule has 0 saturated carbocycles. The fourth-order valence-corrected chi connectivity index (χ4v) is 5.78. The zero-order valence-electron chi connectivity index (χ0n) is 16.2. The van der Waals surface area contributed by atoms with Crippen LogP contribution in [0.1, 0.15) is 30.6 Å². The number of rotatable bonds is 7. The summed E-state index contributed by atoms with van der Waals surface area (Å²) in [5.41, 5.74) is 1.41. The molecule has 0 radical (unpaired) electrons. The molecule has 1 N–H and O–H groups in total. The third-order valence-corrected chi connectivity index (χ3v) is 8.06. The van der Waals surface area contributed by atoms with E-state index in [0.717, 1.165) is 16.9 Å². The van der Waals surface area contributed by atoms with Crippen molar-refractivity contribution in [2.75, 3.05) is 32.8 Å². The average molecular weight is 423 g/mol. The van der Waals surface area contributed by atoms with Crippen molar-refractivity contribution in [3.8, 4) is 10.4 Å². The van der Waals surface area contributed by atoms with Crippen molar-refractivity contribution in [3.05, 3.63) is 42.0 Å². The molecule has 6 nitrogen and oxygen atoms in total. The predicted molar refractivity (Wildman–Crippen MR) is 111 cm³/mol. The molecule has 0 bridgehead atoms. The van der Waals surface area contributed by atoms with Gasteiger partial charge in [0, 0.05) is 30.1 Å². The van der Waals surface area contributed by atoms with E-state index in [4.69, 9.17) is 4.74 Å². The quantitative estimate of drug-likeness (QED) is 0.743. The van der Waals surface area contributed by atoms with Crippen molar-refractivity contribution in [1.82, 2.24) is 9.62 Å². The monoisotopic (exact) mass is 422 g/mol. The fourth-order valence-electron chi connectivity index (χ4n) is 2.92. The minimum Gasteiger partial charge on any atom is -0.379 e. The van der Waals surface area contributed by atoms with Gasteiger partial charge in [0.15, 0.2) is 0 Å². The lowest BCUT2D eigenvalue weighted by atomic mass is 10.1. The van der Waals surface area contributed by atoms with Gasteiger partial charge in [-0.25, -0.2) is 8.42 Å². The largest absolute Gasteiger partial charge is 0.379 e. The van der Waals surface area contributed by atoms with Crippen LogP contribution in [-0.4, -0.2) is 51.5 Å². The van der Waals surface area contributed by atoms with Gasteiger partial charge in [0.2, 0.25) is 0 Å². The molecule has 1 saturated heterocycles. The van der Waals surface area contributed by atoms with Crippen LogP contribution in [0.5, 0.6) is 0 Å². The first-order chi connectivity index (χ1) is 13.4. The number of hydrogen-bond donors (Lipinski definition) is 1. The lowest BCUT2D eigenvalue weighted by Crippen LogP contribution is -2.40. The molecular weight excluding hydrogens is 396 g/mol. The molecule has 28 heavy (non-hydrogen) atoms. The summed E-state index contributed by atoms with van der Waals surface area (Å²) in [4.78, 5) is 13.2. The number of morpholine rings is 1. The number of nitrogens with zero attached hydrogens (tertiary/aromatic N) is 1. The second-order valence-corrected chi connectivity index (χ2v) is 10.4. The number of carbonyl (C=O) groups excluding carboxylic acids is 1. The van der Waals surface area contributed by atoms with Gasteiger partial charge in [0.1, 0.15) is 4.21 Å². The molecule has 2 heterocycles. The van der Waals surface area contributed by atoms with Crippen LogP contribution < -0.4 is 5.32 Å². The van der Waals surface area contributed by atoms with E-state index in [0.29, 0.717) is 48.5 Å². The Morgan fingerprint density at radius 2 is 1.96 bits per heavy atom.